The summed E-state index contributed by atoms with van der Waals surface area (Å²) in [5.74, 6) is 0.298. The molecule has 1 atom stereocenters. The Kier molecular flexibility index (Phi) is 7.63. The Hall–Kier alpha value is -3.49. The maximum atomic E-state index is 14.1. The van der Waals surface area contributed by atoms with Crippen molar-refractivity contribution in [3.8, 4) is 5.75 Å². The Morgan fingerprint density at radius 2 is 1.95 bits per heavy atom. The van der Waals surface area contributed by atoms with Crippen LogP contribution in [0.1, 0.15) is 57.0 Å². The second-order valence-corrected chi connectivity index (χ2v) is 11.3. The first-order valence-corrected chi connectivity index (χ1v) is 14.6. The number of thiophene rings is 1. The standard InChI is InChI=1S/C30H30N2O4S2/c1-5-10-22-26(29(34)35-6-2)27(24-13-9-16-37-24)32-28(33)25(38-30(32)31-22)17-21-20-12-8-7-11-19(20)14-15-23(21)36-18(3)4/h7-9,11-18,27H,5-6,10H2,1-4H3/b25-17-/t27-/m1/s1. The molecule has 38 heavy (non-hydrogen) atoms. The van der Waals surface area contributed by atoms with E-state index in [1.807, 2.05) is 73.8 Å². The number of ether oxygens (including phenoxy) is 2. The Morgan fingerprint density at radius 3 is 2.66 bits per heavy atom. The fourth-order valence-corrected chi connectivity index (χ4v) is 6.57. The van der Waals surface area contributed by atoms with Gasteiger partial charge >= 0.3 is 5.97 Å². The zero-order chi connectivity index (χ0) is 26.8. The molecule has 6 nitrogen and oxygen atoms in total. The maximum absolute atomic E-state index is 14.1. The van der Waals surface area contributed by atoms with Gasteiger partial charge in [-0.3, -0.25) is 9.36 Å². The minimum Gasteiger partial charge on any atom is -0.490 e. The summed E-state index contributed by atoms with van der Waals surface area (Å²) in [6.45, 7) is 8.06. The SMILES string of the molecule is CCCC1=C(C(=O)OCC)[C@@H](c2cccs2)n2c(s/c(=C\c3c(OC(C)C)ccc4ccccc34)c2=O)=N1. The van der Waals surface area contributed by atoms with E-state index in [0.717, 1.165) is 33.4 Å². The van der Waals surface area contributed by atoms with Crippen LogP contribution in [0.15, 0.2) is 75.0 Å². The van der Waals surface area contributed by atoms with Gasteiger partial charge in [0.1, 0.15) is 11.8 Å². The fourth-order valence-electron chi connectivity index (χ4n) is 4.75. The van der Waals surface area contributed by atoms with E-state index in [0.29, 0.717) is 27.0 Å². The van der Waals surface area contributed by atoms with E-state index in [1.54, 1.807) is 11.5 Å². The van der Waals surface area contributed by atoms with Crippen molar-refractivity contribution in [1.82, 2.24) is 4.57 Å². The Morgan fingerprint density at radius 1 is 1.13 bits per heavy atom. The number of esters is 1. The molecular formula is C30H30N2O4S2. The monoisotopic (exact) mass is 546 g/mol. The molecule has 5 rings (SSSR count). The van der Waals surface area contributed by atoms with E-state index in [1.165, 1.54) is 22.7 Å². The molecule has 0 aliphatic carbocycles. The van der Waals surface area contributed by atoms with Crippen molar-refractivity contribution in [1.29, 1.82) is 0 Å². The summed E-state index contributed by atoms with van der Waals surface area (Å²) in [7, 11) is 0. The van der Waals surface area contributed by atoms with Gasteiger partial charge in [0.25, 0.3) is 5.56 Å². The van der Waals surface area contributed by atoms with E-state index in [-0.39, 0.29) is 18.3 Å². The highest BCUT2D eigenvalue weighted by Crippen LogP contribution is 2.35. The van der Waals surface area contributed by atoms with Crippen molar-refractivity contribution >= 4 is 45.5 Å². The quantitative estimate of drug-likeness (QED) is 0.271. The van der Waals surface area contributed by atoms with E-state index in [2.05, 4.69) is 6.92 Å². The summed E-state index contributed by atoms with van der Waals surface area (Å²) >= 11 is 2.86. The van der Waals surface area contributed by atoms with E-state index in [9.17, 15) is 9.59 Å². The lowest BCUT2D eigenvalue weighted by atomic mass is 9.99. The second kappa shape index (κ2) is 11.1. The second-order valence-electron chi connectivity index (χ2n) is 9.29. The number of fused-ring (bicyclic) bond motifs is 2. The first-order valence-electron chi connectivity index (χ1n) is 12.9. The predicted molar refractivity (Wildman–Crippen MR) is 154 cm³/mol. The minimum atomic E-state index is -0.576. The van der Waals surface area contributed by atoms with Crippen molar-refractivity contribution < 1.29 is 14.3 Å². The lowest BCUT2D eigenvalue weighted by molar-refractivity contribution is -0.139. The van der Waals surface area contributed by atoms with Gasteiger partial charge in [-0.05, 0) is 61.6 Å². The van der Waals surface area contributed by atoms with Crippen molar-refractivity contribution in [3.05, 3.63) is 95.3 Å². The third kappa shape index (κ3) is 4.86. The number of benzene rings is 2. The average Bonchev–Trinajstić information content (AvgIpc) is 3.53. The molecule has 2 aromatic heterocycles. The highest BCUT2D eigenvalue weighted by atomic mass is 32.1. The Bertz CT molecular complexity index is 1690. The zero-order valence-electron chi connectivity index (χ0n) is 21.9. The zero-order valence-corrected chi connectivity index (χ0v) is 23.5. The average molecular weight is 547 g/mol. The van der Waals surface area contributed by atoms with Gasteiger partial charge in [0.15, 0.2) is 4.80 Å². The molecule has 3 heterocycles. The molecule has 4 aromatic rings. The number of aromatic nitrogens is 1. The number of carbonyl (C=O) groups excluding carboxylic acids is 1. The molecule has 196 valence electrons. The van der Waals surface area contributed by atoms with E-state index < -0.39 is 12.0 Å². The van der Waals surface area contributed by atoms with Gasteiger partial charge in [-0.2, -0.15) is 0 Å². The lowest BCUT2D eigenvalue weighted by Gasteiger charge is -2.24. The molecule has 0 saturated heterocycles. The summed E-state index contributed by atoms with van der Waals surface area (Å²) in [6.07, 6.45) is 3.33. The highest BCUT2D eigenvalue weighted by Gasteiger charge is 2.34. The van der Waals surface area contributed by atoms with Crippen LogP contribution in [0.3, 0.4) is 0 Å². The predicted octanol–water partition coefficient (Wildman–Crippen LogP) is 5.58. The van der Waals surface area contributed by atoms with Crippen LogP contribution in [0.2, 0.25) is 0 Å². The summed E-state index contributed by atoms with van der Waals surface area (Å²) in [5, 5.41) is 4.03. The van der Waals surface area contributed by atoms with E-state index in [4.69, 9.17) is 14.5 Å². The number of carbonyl (C=O) groups is 1. The van der Waals surface area contributed by atoms with Gasteiger partial charge < -0.3 is 9.47 Å². The van der Waals surface area contributed by atoms with Gasteiger partial charge in [0.05, 0.1) is 28.5 Å². The third-order valence-electron chi connectivity index (χ3n) is 6.27. The van der Waals surface area contributed by atoms with Crippen LogP contribution in [-0.4, -0.2) is 23.2 Å². The molecule has 2 aromatic carbocycles. The molecule has 0 saturated carbocycles. The molecule has 8 heteroatoms. The molecule has 1 aliphatic heterocycles. The van der Waals surface area contributed by atoms with Crippen LogP contribution < -0.4 is 19.6 Å². The molecule has 0 amide bonds. The summed E-state index contributed by atoms with van der Waals surface area (Å²) in [4.78, 5) is 33.6. The van der Waals surface area contributed by atoms with Crippen LogP contribution >= 0.6 is 22.7 Å². The fraction of sp³-hybridized carbons (Fsp3) is 0.300. The molecule has 0 unspecified atom stereocenters. The smallest absolute Gasteiger partial charge is 0.338 e. The van der Waals surface area contributed by atoms with E-state index >= 15 is 0 Å². The van der Waals surface area contributed by atoms with Crippen molar-refractivity contribution in [2.24, 2.45) is 4.99 Å². The number of thiazole rings is 1. The number of hydrogen-bond acceptors (Lipinski definition) is 7. The molecule has 0 spiro atoms. The first-order chi connectivity index (χ1) is 18.4. The summed E-state index contributed by atoms with van der Waals surface area (Å²) < 4.78 is 13.8. The highest BCUT2D eigenvalue weighted by molar-refractivity contribution is 7.10. The van der Waals surface area contributed by atoms with Crippen LogP contribution in [-0.2, 0) is 9.53 Å². The minimum absolute atomic E-state index is 0.0212. The summed E-state index contributed by atoms with van der Waals surface area (Å²) in [5.41, 5.74) is 1.80. The van der Waals surface area contributed by atoms with Crippen molar-refractivity contribution in [2.45, 2.75) is 52.7 Å². The summed E-state index contributed by atoms with van der Waals surface area (Å²) in [6, 6.07) is 15.4. The van der Waals surface area contributed by atoms with Crippen LogP contribution in [0.4, 0.5) is 0 Å². The van der Waals surface area contributed by atoms with Crippen LogP contribution in [0.5, 0.6) is 5.75 Å². The number of hydrogen-bond donors (Lipinski definition) is 0. The number of rotatable bonds is 8. The van der Waals surface area contributed by atoms with Gasteiger partial charge in [0, 0.05) is 10.4 Å². The largest absolute Gasteiger partial charge is 0.490 e. The topological polar surface area (TPSA) is 69.9 Å². The third-order valence-corrected chi connectivity index (χ3v) is 8.18. The van der Waals surface area contributed by atoms with Crippen LogP contribution in [0.25, 0.3) is 16.8 Å². The first kappa shape index (κ1) is 26.1. The Balaban J connectivity index is 1.78. The Labute approximate surface area is 229 Å². The molecule has 0 N–H and O–H groups in total. The van der Waals surface area contributed by atoms with Gasteiger partial charge in [-0.25, -0.2) is 9.79 Å². The van der Waals surface area contributed by atoms with Gasteiger partial charge in [-0.15, -0.1) is 11.3 Å². The molecule has 0 fully saturated rings. The molecule has 1 aliphatic rings. The molecule has 0 radical (unpaired) electrons. The van der Waals surface area contributed by atoms with Gasteiger partial charge in [-0.1, -0.05) is 61.1 Å². The number of allylic oxidation sites excluding steroid dienone is 1. The lowest BCUT2D eigenvalue weighted by Crippen LogP contribution is -2.39. The molecule has 0 bridgehead atoms. The molecular weight excluding hydrogens is 516 g/mol. The van der Waals surface area contributed by atoms with Crippen molar-refractivity contribution in [2.75, 3.05) is 6.61 Å². The number of nitrogens with zero attached hydrogens (tertiary/aromatic N) is 2. The van der Waals surface area contributed by atoms with Crippen LogP contribution in [0, 0.1) is 0 Å². The van der Waals surface area contributed by atoms with Crippen molar-refractivity contribution in [3.63, 3.8) is 0 Å². The van der Waals surface area contributed by atoms with Gasteiger partial charge in [0.2, 0.25) is 0 Å². The normalized spacial score (nSPS) is 15.6. The maximum Gasteiger partial charge on any atom is 0.338 e.